The van der Waals surface area contributed by atoms with Gasteiger partial charge in [0, 0.05) is 6.54 Å². The smallest absolute Gasteiger partial charge is 0.254 e. The molecule has 0 saturated heterocycles. The molecule has 8 heteroatoms. The van der Waals surface area contributed by atoms with Crippen molar-refractivity contribution in [1.82, 2.24) is 4.98 Å². The third kappa shape index (κ3) is 3.27. The lowest BCUT2D eigenvalue weighted by molar-refractivity contribution is 0.0996. The number of hydrogen-bond donors (Lipinski definition) is 2. The molecule has 0 aliphatic rings. The first-order valence-electron chi connectivity index (χ1n) is 6.13. The summed E-state index contributed by atoms with van der Waals surface area (Å²) in [6.45, 7) is 0.000328. The fourth-order valence-corrected chi connectivity index (χ4v) is 1.80. The molecule has 1 heterocycles. The highest BCUT2D eigenvalue weighted by atomic mass is 19.2. The van der Waals surface area contributed by atoms with E-state index < -0.39 is 23.4 Å². The third-order valence-electron chi connectivity index (χ3n) is 2.85. The Morgan fingerprint density at radius 2 is 1.91 bits per heavy atom. The number of benzene rings is 1. The summed E-state index contributed by atoms with van der Waals surface area (Å²) in [5, 5.41) is 2.80. The van der Waals surface area contributed by atoms with E-state index >= 15 is 0 Å². The van der Waals surface area contributed by atoms with Crippen molar-refractivity contribution in [3.05, 3.63) is 53.0 Å². The predicted octanol–water partition coefficient (Wildman–Crippen LogP) is 2.22. The van der Waals surface area contributed by atoms with Crippen LogP contribution in [0.15, 0.2) is 24.4 Å². The Hall–Kier alpha value is -2.77. The zero-order valence-corrected chi connectivity index (χ0v) is 11.5. The number of pyridine rings is 1. The summed E-state index contributed by atoms with van der Waals surface area (Å²) in [4.78, 5) is 15.2. The van der Waals surface area contributed by atoms with Crippen LogP contribution in [0.3, 0.4) is 0 Å². The highest BCUT2D eigenvalue weighted by Crippen LogP contribution is 2.20. The molecule has 1 aromatic heterocycles. The number of nitrogens with one attached hydrogen (secondary N) is 1. The van der Waals surface area contributed by atoms with Crippen LogP contribution in [0.1, 0.15) is 15.9 Å². The topological polar surface area (TPSA) is 77.2 Å². The van der Waals surface area contributed by atoms with Crippen LogP contribution in [-0.4, -0.2) is 18.0 Å². The average Bonchev–Trinajstić information content (AvgIpc) is 2.50. The number of halogens is 3. The molecular weight excluding hydrogens is 299 g/mol. The molecule has 0 aliphatic carbocycles. The number of amides is 1. The maximum Gasteiger partial charge on any atom is 0.254 e. The summed E-state index contributed by atoms with van der Waals surface area (Å²) in [7, 11) is 1.34. The van der Waals surface area contributed by atoms with Gasteiger partial charge < -0.3 is 15.8 Å². The lowest BCUT2D eigenvalue weighted by atomic mass is 10.2. The molecule has 22 heavy (non-hydrogen) atoms. The van der Waals surface area contributed by atoms with E-state index in [1.165, 1.54) is 19.4 Å². The van der Waals surface area contributed by atoms with Crippen LogP contribution < -0.4 is 15.8 Å². The number of hydrogen-bond acceptors (Lipinski definition) is 4. The van der Waals surface area contributed by atoms with Gasteiger partial charge in [0.15, 0.2) is 17.5 Å². The first-order valence-corrected chi connectivity index (χ1v) is 6.13. The van der Waals surface area contributed by atoms with Gasteiger partial charge in [-0.2, -0.15) is 0 Å². The molecule has 2 rings (SSSR count). The minimum atomic E-state index is -1.52. The van der Waals surface area contributed by atoms with Gasteiger partial charge in [-0.25, -0.2) is 18.2 Å². The van der Waals surface area contributed by atoms with Gasteiger partial charge in [0.1, 0.15) is 5.56 Å². The second kappa shape index (κ2) is 6.33. The van der Waals surface area contributed by atoms with Crippen molar-refractivity contribution in [1.29, 1.82) is 0 Å². The second-order valence-electron chi connectivity index (χ2n) is 4.37. The number of carbonyl (C=O) groups excluding carboxylic acids is 1. The molecule has 0 radical (unpaired) electrons. The summed E-state index contributed by atoms with van der Waals surface area (Å²) in [6, 6.07) is 3.14. The van der Waals surface area contributed by atoms with Gasteiger partial charge in [0.2, 0.25) is 5.88 Å². The summed E-state index contributed by atoms with van der Waals surface area (Å²) in [6.07, 6.45) is 1.36. The van der Waals surface area contributed by atoms with E-state index in [9.17, 15) is 18.0 Å². The predicted molar refractivity (Wildman–Crippen MR) is 72.9 cm³/mol. The normalized spacial score (nSPS) is 10.4. The summed E-state index contributed by atoms with van der Waals surface area (Å²) in [5.41, 5.74) is 5.83. The monoisotopic (exact) mass is 311 g/mol. The van der Waals surface area contributed by atoms with E-state index in [2.05, 4.69) is 10.3 Å². The molecule has 0 fully saturated rings. The van der Waals surface area contributed by atoms with Gasteiger partial charge in [-0.3, -0.25) is 4.79 Å². The maximum atomic E-state index is 13.1. The first-order chi connectivity index (χ1) is 10.4. The van der Waals surface area contributed by atoms with Crippen molar-refractivity contribution in [2.75, 3.05) is 12.4 Å². The fraction of sp³-hybridized carbons (Fsp3) is 0.143. The van der Waals surface area contributed by atoms with Gasteiger partial charge in [-0.05, 0) is 23.8 Å². The van der Waals surface area contributed by atoms with Gasteiger partial charge >= 0.3 is 0 Å². The Kier molecular flexibility index (Phi) is 4.50. The van der Waals surface area contributed by atoms with Gasteiger partial charge in [-0.15, -0.1) is 0 Å². The number of nitrogens with zero attached hydrogens (tertiary/aromatic N) is 1. The van der Waals surface area contributed by atoms with Gasteiger partial charge in [0.05, 0.1) is 19.0 Å². The molecule has 0 spiro atoms. The Labute approximate surface area is 123 Å². The molecule has 0 atom stereocenters. The molecular formula is C14H12F3N3O2. The quantitative estimate of drug-likeness (QED) is 0.830. The Morgan fingerprint density at radius 1 is 1.27 bits per heavy atom. The van der Waals surface area contributed by atoms with Crippen molar-refractivity contribution >= 4 is 11.6 Å². The summed E-state index contributed by atoms with van der Waals surface area (Å²) < 4.78 is 43.9. The highest BCUT2D eigenvalue weighted by Gasteiger charge is 2.13. The molecule has 0 unspecified atom stereocenters. The number of ether oxygens (including phenoxy) is 1. The molecule has 1 amide bonds. The summed E-state index contributed by atoms with van der Waals surface area (Å²) >= 11 is 0. The first kappa shape index (κ1) is 15.6. The Morgan fingerprint density at radius 3 is 2.45 bits per heavy atom. The maximum absolute atomic E-state index is 13.1. The van der Waals surface area contributed by atoms with E-state index in [1.54, 1.807) is 0 Å². The van der Waals surface area contributed by atoms with Crippen molar-refractivity contribution in [2.45, 2.75) is 6.54 Å². The largest absolute Gasteiger partial charge is 0.480 e. The van der Waals surface area contributed by atoms with E-state index in [0.717, 1.165) is 12.1 Å². The summed E-state index contributed by atoms with van der Waals surface area (Å²) in [5.74, 6) is -4.74. The zero-order valence-electron chi connectivity index (χ0n) is 11.5. The SMILES string of the molecule is COc1ncc(NCc2cc(F)c(F)c(F)c2)cc1C(N)=O. The van der Waals surface area contributed by atoms with Crippen LogP contribution >= 0.6 is 0 Å². The lowest BCUT2D eigenvalue weighted by Crippen LogP contribution is -2.14. The van der Waals surface area contributed by atoms with Crippen LogP contribution in [-0.2, 0) is 6.54 Å². The Balaban J connectivity index is 2.18. The van der Waals surface area contributed by atoms with Crippen LogP contribution in [0.4, 0.5) is 18.9 Å². The van der Waals surface area contributed by atoms with Crippen molar-refractivity contribution in [2.24, 2.45) is 5.73 Å². The standard InChI is InChI=1S/C14H12F3N3O2/c1-22-14-9(13(18)21)4-8(6-20-14)19-5-7-2-10(15)12(17)11(16)3-7/h2-4,6,19H,5H2,1H3,(H2,18,21). The number of nitrogens with two attached hydrogens (primary N) is 1. The van der Waals surface area contributed by atoms with Crippen molar-refractivity contribution < 1.29 is 22.7 Å². The number of aromatic nitrogens is 1. The molecule has 1 aromatic carbocycles. The molecule has 0 bridgehead atoms. The fourth-order valence-electron chi connectivity index (χ4n) is 1.80. The average molecular weight is 311 g/mol. The molecule has 116 valence electrons. The second-order valence-corrected chi connectivity index (χ2v) is 4.37. The van der Waals surface area contributed by atoms with Gasteiger partial charge in [0.25, 0.3) is 5.91 Å². The highest BCUT2D eigenvalue weighted by molar-refractivity contribution is 5.95. The third-order valence-corrected chi connectivity index (χ3v) is 2.85. The van der Waals surface area contributed by atoms with E-state index in [1.807, 2.05) is 0 Å². The number of methoxy groups -OCH3 is 1. The number of carbonyl (C=O) groups is 1. The molecule has 0 saturated carbocycles. The van der Waals surface area contributed by atoms with Crippen LogP contribution in [0.5, 0.6) is 5.88 Å². The van der Waals surface area contributed by atoms with Crippen LogP contribution in [0, 0.1) is 17.5 Å². The number of anilines is 1. The lowest BCUT2D eigenvalue weighted by Gasteiger charge is -2.10. The Bertz CT molecular complexity index is 699. The van der Waals surface area contributed by atoms with E-state index in [0.29, 0.717) is 5.69 Å². The van der Waals surface area contributed by atoms with Gasteiger partial charge in [-0.1, -0.05) is 0 Å². The number of rotatable bonds is 5. The molecule has 2 aromatic rings. The minimum Gasteiger partial charge on any atom is -0.480 e. The van der Waals surface area contributed by atoms with Crippen molar-refractivity contribution in [3.63, 3.8) is 0 Å². The number of primary amides is 1. The van der Waals surface area contributed by atoms with E-state index in [-0.39, 0.29) is 23.6 Å². The minimum absolute atomic E-state index is 0.000328. The molecule has 0 aliphatic heterocycles. The van der Waals surface area contributed by atoms with E-state index in [4.69, 9.17) is 10.5 Å². The zero-order chi connectivity index (χ0) is 16.3. The molecule has 5 nitrogen and oxygen atoms in total. The van der Waals surface area contributed by atoms with Crippen molar-refractivity contribution in [3.8, 4) is 5.88 Å². The van der Waals surface area contributed by atoms with Crippen LogP contribution in [0.2, 0.25) is 0 Å². The molecule has 3 N–H and O–H groups in total. The van der Waals surface area contributed by atoms with Crippen LogP contribution in [0.25, 0.3) is 0 Å².